The van der Waals surface area contributed by atoms with Crippen LogP contribution in [0.3, 0.4) is 0 Å². The third-order valence-corrected chi connectivity index (χ3v) is 5.76. The van der Waals surface area contributed by atoms with Gasteiger partial charge in [0.05, 0.1) is 19.8 Å². The van der Waals surface area contributed by atoms with Crippen LogP contribution in [0.2, 0.25) is 0 Å². The van der Waals surface area contributed by atoms with Gasteiger partial charge in [0.2, 0.25) is 0 Å². The smallest absolute Gasteiger partial charge is 0.191 e. The zero-order valence-electron chi connectivity index (χ0n) is 18.2. The van der Waals surface area contributed by atoms with Crippen molar-refractivity contribution in [2.45, 2.75) is 59.7 Å². The Morgan fingerprint density at radius 1 is 1.11 bits per heavy atom. The van der Waals surface area contributed by atoms with E-state index in [2.05, 4.69) is 62.0 Å². The zero-order chi connectivity index (χ0) is 19.1. The van der Waals surface area contributed by atoms with Crippen molar-refractivity contribution in [2.24, 2.45) is 16.8 Å². The average Bonchev–Trinajstić information content (AvgIpc) is 2.97. The van der Waals surface area contributed by atoms with E-state index in [1.54, 1.807) is 0 Å². The molecule has 2 saturated heterocycles. The van der Waals surface area contributed by atoms with Crippen molar-refractivity contribution >= 4 is 29.9 Å². The SMILES string of the molecule is CCNC(=NCC(C(C)C)N1CCOCC1)NC1CN(C(C)C)CC1C.I. The molecular weight excluding hydrogens is 453 g/mol. The number of rotatable bonds is 7. The van der Waals surface area contributed by atoms with Crippen molar-refractivity contribution in [3.05, 3.63) is 0 Å². The summed E-state index contributed by atoms with van der Waals surface area (Å²) in [6.07, 6.45) is 0. The number of nitrogens with one attached hydrogen (secondary N) is 2. The van der Waals surface area contributed by atoms with Crippen LogP contribution >= 0.6 is 24.0 Å². The molecule has 160 valence electrons. The highest BCUT2D eigenvalue weighted by atomic mass is 127. The molecule has 0 saturated carbocycles. The number of likely N-dealkylation sites (tertiary alicyclic amines) is 1. The van der Waals surface area contributed by atoms with E-state index >= 15 is 0 Å². The fourth-order valence-electron chi connectivity index (χ4n) is 3.95. The predicted molar refractivity (Wildman–Crippen MR) is 125 cm³/mol. The first-order valence-corrected chi connectivity index (χ1v) is 10.5. The molecule has 3 unspecified atom stereocenters. The van der Waals surface area contributed by atoms with Gasteiger partial charge in [0.15, 0.2) is 5.96 Å². The van der Waals surface area contributed by atoms with Crippen LogP contribution in [0.1, 0.15) is 41.5 Å². The number of hydrogen-bond acceptors (Lipinski definition) is 4. The van der Waals surface area contributed by atoms with Gasteiger partial charge in [-0.2, -0.15) is 0 Å². The molecule has 0 spiro atoms. The summed E-state index contributed by atoms with van der Waals surface area (Å²) in [4.78, 5) is 10.1. The quantitative estimate of drug-likeness (QED) is 0.323. The second-order valence-electron chi connectivity index (χ2n) is 8.46. The van der Waals surface area contributed by atoms with Crippen LogP contribution < -0.4 is 10.6 Å². The number of morpholine rings is 1. The standard InChI is InChI=1S/C20H41N5O.HI/c1-7-21-20(23-18-14-25(16(4)5)13-17(18)6)22-12-19(15(2)3)24-8-10-26-11-9-24;/h15-19H,7-14H2,1-6H3,(H2,21,22,23);1H. The molecule has 2 fully saturated rings. The van der Waals surface area contributed by atoms with Gasteiger partial charge in [0.1, 0.15) is 0 Å². The summed E-state index contributed by atoms with van der Waals surface area (Å²) >= 11 is 0. The Bertz CT molecular complexity index is 440. The normalized spacial score (nSPS) is 26.3. The Kier molecular flexibility index (Phi) is 11.5. The molecule has 2 rings (SSSR count). The molecule has 0 aromatic rings. The Morgan fingerprint density at radius 2 is 1.78 bits per heavy atom. The largest absolute Gasteiger partial charge is 0.379 e. The number of ether oxygens (including phenoxy) is 1. The summed E-state index contributed by atoms with van der Waals surface area (Å²) in [6, 6.07) is 1.55. The van der Waals surface area contributed by atoms with Gasteiger partial charge >= 0.3 is 0 Å². The lowest BCUT2D eigenvalue weighted by Gasteiger charge is -2.36. The molecule has 0 aromatic carbocycles. The topological polar surface area (TPSA) is 52.1 Å². The van der Waals surface area contributed by atoms with E-state index in [4.69, 9.17) is 9.73 Å². The Hall–Kier alpha value is -0.120. The first kappa shape index (κ1) is 24.9. The molecule has 0 aromatic heterocycles. The minimum Gasteiger partial charge on any atom is -0.379 e. The van der Waals surface area contributed by atoms with Gasteiger partial charge < -0.3 is 15.4 Å². The second kappa shape index (κ2) is 12.4. The first-order valence-electron chi connectivity index (χ1n) is 10.5. The number of halogens is 1. The summed E-state index contributed by atoms with van der Waals surface area (Å²) in [5, 5.41) is 7.15. The van der Waals surface area contributed by atoms with Gasteiger partial charge in [-0.3, -0.25) is 14.8 Å². The van der Waals surface area contributed by atoms with Crippen LogP contribution in [0.5, 0.6) is 0 Å². The lowest BCUT2D eigenvalue weighted by molar-refractivity contribution is 0.00867. The highest BCUT2D eigenvalue weighted by Crippen LogP contribution is 2.19. The van der Waals surface area contributed by atoms with Crippen LogP contribution in [-0.2, 0) is 4.74 Å². The van der Waals surface area contributed by atoms with Gasteiger partial charge in [-0.1, -0.05) is 20.8 Å². The van der Waals surface area contributed by atoms with E-state index in [1.807, 2.05) is 0 Å². The Morgan fingerprint density at radius 3 is 2.30 bits per heavy atom. The number of aliphatic imine (C=N–C) groups is 1. The van der Waals surface area contributed by atoms with Gasteiger partial charge in [0.25, 0.3) is 0 Å². The highest BCUT2D eigenvalue weighted by molar-refractivity contribution is 14.0. The van der Waals surface area contributed by atoms with Crippen molar-refractivity contribution < 1.29 is 4.74 Å². The molecule has 0 radical (unpaired) electrons. The van der Waals surface area contributed by atoms with Crippen molar-refractivity contribution in [3.8, 4) is 0 Å². The Balaban J connectivity index is 0.00000364. The van der Waals surface area contributed by atoms with Gasteiger partial charge in [-0.25, -0.2) is 0 Å². The molecule has 2 heterocycles. The van der Waals surface area contributed by atoms with Crippen molar-refractivity contribution in [3.63, 3.8) is 0 Å². The molecule has 0 bridgehead atoms. The lowest BCUT2D eigenvalue weighted by Crippen LogP contribution is -2.49. The Labute approximate surface area is 183 Å². The van der Waals surface area contributed by atoms with Gasteiger partial charge in [-0.15, -0.1) is 24.0 Å². The summed E-state index contributed by atoms with van der Waals surface area (Å²) < 4.78 is 5.52. The predicted octanol–water partition coefficient (Wildman–Crippen LogP) is 2.25. The van der Waals surface area contributed by atoms with Crippen LogP contribution in [-0.4, -0.2) is 86.4 Å². The minimum absolute atomic E-state index is 0. The van der Waals surface area contributed by atoms with Crippen LogP contribution in [0, 0.1) is 11.8 Å². The van der Waals surface area contributed by atoms with Gasteiger partial charge in [0, 0.05) is 50.8 Å². The second-order valence-corrected chi connectivity index (χ2v) is 8.46. The number of hydrogen-bond donors (Lipinski definition) is 2. The fourth-order valence-corrected chi connectivity index (χ4v) is 3.95. The average molecular weight is 495 g/mol. The maximum atomic E-state index is 5.52. The third-order valence-electron chi connectivity index (χ3n) is 5.76. The first-order chi connectivity index (χ1) is 12.4. The number of nitrogens with zero attached hydrogens (tertiary/aromatic N) is 3. The fraction of sp³-hybridized carbons (Fsp3) is 0.950. The zero-order valence-corrected chi connectivity index (χ0v) is 20.5. The molecular formula is C20H42IN5O. The van der Waals surface area contributed by atoms with Gasteiger partial charge in [-0.05, 0) is 32.6 Å². The van der Waals surface area contributed by atoms with Crippen LogP contribution in [0.4, 0.5) is 0 Å². The van der Waals surface area contributed by atoms with Crippen LogP contribution in [0.15, 0.2) is 4.99 Å². The highest BCUT2D eigenvalue weighted by Gasteiger charge is 2.31. The van der Waals surface area contributed by atoms with Crippen LogP contribution in [0.25, 0.3) is 0 Å². The summed E-state index contributed by atoms with van der Waals surface area (Å²) in [5.74, 6) is 2.19. The molecule has 27 heavy (non-hydrogen) atoms. The molecule has 7 heteroatoms. The van der Waals surface area contributed by atoms with Crippen molar-refractivity contribution in [2.75, 3.05) is 52.5 Å². The van der Waals surface area contributed by atoms with E-state index in [-0.39, 0.29) is 24.0 Å². The van der Waals surface area contributed by atoms with E-state index in [0.717, 1.165) is 58.4 Å². The van der Waals surface area contributed by atoms with E-state index in [9.17, 15) is 0 Å². The van der Waals surface area contributed by atoms with E-state index in [1.165, 1.54) is 0 Å². The molecule has 2 N–H and O–H groups in total. The van der Waals surface area contributed by atoms with E-state index < -0.39 is 0 Å². The summed E-state index contributed by atoms with van der Waals surface area (Å²) in [6.45, 7) is 21.4. The summed E-state index contributed by atoms with van der Waals surface area (Å²) in [7, 11) is 0. The van der Waals surface area contributed by atoms with Crippen molar-refractivity contribution in [1.82, 2.24) is 20.4 Å². The monoisotopic (exact) mass is 495 g/mol. The third kappa shape index (κ3) is 7.66. The maximum absolute atomic E-state index is 5.52. The van der Waals surface area contributed by atoms with Crippen molar-refractivity contribution in [1.29, 1.82) is 0 Å². The molecule has 2 aliphatic heterocycles. The van der Waals surface area contributed by atoms with E-state index in [0.29, 0.717) is 30.0 Å². The lowest BCUT2D eigenvalue weighted by atomic mass is 10.0. The summed E-state index contributed by atoms with van der Waals surface area (Å²) in [5.41, 5.74) is 0. The maximum Gasteiger partial charge on any atom is 0.191 e. The molecule has 0 amide bonds. The molecule has 6 nitrogen and oxygen atoms in total. The minimum atomic E-state index is 0. The molecule has 0 aliphatic carbocycles. The number of guanidine groups is 1. The molecule has 2 aliphatic rings. The molecule has 3 atom stereocenters.